The van der Waals surface area contributed by atoms with E-state index in [1.807, 2.05) is 37.3 Å². The van der Waals surface area contributed by atoms with Crippen molar-refractivity contribution >= 4 is 45.6 Å². The maximum Gasteiger partial charge on any atom is 0.255 e. The average molecular weight is 459 g/mol. The fourth-order valence-corrected chi connectivity index (χ4v) is 3.86. The summed E-state index contributed by atoms with van der Waals surface area (Å²) in [5.41, 5.74) is 3.58. The number of anilines is 2. The zero-order valence-electron chi connectivity index (χ0n) is 18.1. The highest BCUT2D eigenvalue weighted by molar-refractivity contribution is 6.30. The molecule has 4 rings (SSSR count). The second-order valence-corrected chi connectivity index (χ2v) is 8.30. The molecule has 166 valence electrons. The molecule has 5 nitrogen and oxygen atoms in total. The molecule has 0 fully saturated rings. The number of hydrogen-bond acceptors (Lipinski definition) is 3. The number of phenols is 1. The number of phenolic OH excluding ortho intramolecular Hbond substituents is 1. The van der Waals surface area contributed by atoms with Gasteiger partial charge < -0.3 is 15.7 Å². The Morgan fingerprint density at radius 2 is 1.64 bits per heavy atom. The zero-order valence-corrected chi connectivity index (χ0v) is 18.8. The molecule has 0 bridgehead atoms. The van der Waals surface area contributed by atoms with Crippen molar-refractivity contribution < 1.29 is 14.7 Å². The fourth-order valence-electron chi connectivity index (χ4n) is 3.67. The third-order valence-corrected chi connectivity index (χ3v) is 5.69. The molecule has 33 heavy (non-hydrogen) atoms. The summed E-state index contributed by atoms with van der Waals surface area (Å²) in [6, 6.07) is 23.3. The highest BCUT2D eigenvalue weighted by atomic mass is 35.5. The smallest absolute Gasteiger partial charge is 0.255 e. The molecule has 0 radical (unpaired) electrons. The maximum atomic E-state index is 12.8. The minimum absolute atomic E-state index is 0.107. The molecule has 6 heteroatoms. The van der Waals surface area contributed by atoms with Gasteiger partial charge in [0.25, 0.3) is 5.91 Å². The number of amides is 2. The fraction of sp³-hybridized carbons (Fsp3) is 0.111. The first-order valence-electron chi connectivity index (χ1n) is 10.6. The van der Waals surface area contributed by atoms with E-state index in [1.165, 1.54) is 0 Å². The van der Waals surface area contributed by atoms with Crippen LogP contribution in [-0.4, -0.2) is 16.9 Å². The van der Waals surface area contributed by atoms with Crippen molar-refractivity contribution in [2.75, 3.05) is 10.6 Å². The Labute approximate surface area is 197 Å². The van der Waals surface area contributed by atoms with Gasteiger partial charge in [0.1, 0.15) is 5.75 Å². The number of nitrogens with one attached hydrogen (secondary N) is 2. The van der Waals surface area contributed by atoms with Crippen LogP contribution in [0, 0.1) is 6.92 Å². The third-order valence-electron chi connectivity index (χ3n) is 5.46. The lowest BCUT2D eigenvalue weighted by atomic mass is 10.0. The molecule has 0 saturated carbocycles. The van der Waals surface area contributed by atoms with Crippen LogP contribution in [-0.2, 0) is 11.2 Å². The largest absolute Gasteiger partial charge is 0.508 e. The molecule has 0 aliphatic heterocycles. The minimum atomic E-state index is -0.224. The van der Waals surface area contributed by atoms with E-state index < -0.39 is 0 Å². The Balaban J connectivity index is 1.39. The highest BCUT2D eigenvalue weighted by Gasteiger charge is 2.10. The van der Waals surface area contributed by atoms with Crippen LogP contribution in [0.3, 0.4) is 0 Å². The Morgan fingerprint density at radius 3 is 2.42 bits per heavy atom. The van der Waals surface area contributed by atoms with Crippen molar-refractivity contribution in [1.82, 2.24) is 0 Å². The average Bonchev–Trinajstić information content (AvgIpc) is 2.80. The van der Waals surface area contributed by atoms with Crippen molar-refractivity contribution in [3.63, 3.8) is 0 Å². The van der Waals surface area contributed by atoms with Gasteiger partial charge in [-0.15, -0.1) is 0 Å². The van der Waals surface area contributed by atoms with Crippen LogP contribution in [0.4, 0.5) is 11.4 Å². The predicted molar refractivity (Wildman–Crippen MR) is 133 cm³/mol. The summed E-state index contributed by atoms with van der Waals surface area (Å²) in [5, 5.41) is 18.0. The van der Waals surface area contributed by atoms with Gasteiger partial charge in [0.05, 0.1) is 0 Å². The summed E-state index contributed by atoms with van der Waals surface area (Å²) >= 11 is 5.95. The van der Waals surface area contributed by atoms with E-state index in [0.29, 0.717) is 34.8 Å². The SMILES string of the molecule is Cc1c(O)ccc2cc(C(=O)Nc3cccc(CCC(=O)Nc4cccc(Cl)c4)c3)ccc12. The molecule has 0 aliphatic rings. The van der Waals surface area contributed by atoms with Crippen LogP contribution in [0.25, 0.3) is 10.8 Å². The number of hydrogen-bond donors (Lipinski definition) is 3. The van der Waals surface area contributed by atoms with E-state index in [9.17, 15) is 14.7 Å². The molecule has 4 aromatic rings. The number of carbonyl (C=O) groups excluding carboxylic acids is 2. The molecule has 4 aromatic carbocycles. The minimum Gasteiger partial charge on any atom is -0.508 e. The Kier molecular flexibility index (Phi) is 6.61. The van der Waals surface area contributed by atoms with Gasteiger partial charge in [0, 0.05) is 28.4 Å². The van der Waals surface area contributed by atoms with E-state index >= 15 is 0 Å². The van der Waals surface area contributed by atoms with Crippen LogP contribution in [0.1, 0.15) is 27.9 Å². The number of fused-ring (bicyclic) bond motifs is 1. The first kappa shape index (κ1) is 22.4. The van der Waals surface area contributed by atoms with Crippen molar-refractivity contribution in [2.45, 2.75) is 19.8 Å². The van der Waals surface area contributed by atoms with Gasteiger partial charge >= 0.3 is 0 Å². The molecule has 2 amide bonds. The summed E-state index contributed by atoms with van der Waals surface area (Å²) in [4.78, 5) is 25.0. The molecule has 0 aromatic heterocycles. The van der Waals surface area contributed by atoms with Gasteiger partial charge in [-0.25, -0.2) is 0 Å². The first-order chi connectivity index (χ1) is 15.9. The number of carbonyl (C=O) groups is 2. The Morgan fingerprint density at radius 1 is 0.879 bits per heavy atom. The van der Waals surface area contributed by atoms with Gasteiger partial charge in [-0.2, -0.15) is 0 Å². The zero-order chi connectivity index (χ0) is 23.4. The number of aromatic hydroxyl groups is 1. The number of halogens is 1. The maximum absolute atomic E-state index is 12.8. The second kappa shape index (κ2) is 9.76. The molecule has 0 spiro atoms. The van der Waals surface area contributed by atoms with Crippen LogP contribution in [0.2, 0.25) is 5.02 Å². The van der Waals surface area contributed by atoms with Gasteiger partial charge in [-0.05, 0) is 83.8 Å². The molecule has 0 saturated heterocycles. The van der Waals surface area contributed by atoms with Crippen LogP contribution >= 0.6 is 11.6 Å². The highest BCUT2D eigenvalue weighted by Crippen LogP contribution is 2.27. The standard InChI is InChI=1S/C27H23ClN2O3/c1-17-24-11-9-20(15-19(24)10-12-25(17)31)27(33)30-22-6-2-4-18(14-22)8-13-26(32)29-23-7-3-5-21(28)16-23/h2-7,9-12,14-16,31H,8,13H2,1H3,(H,29,32)(H,30,33). The van der Waals surface area contributed by atoms with E-state index in [2.05, 4.69) is 10.6 Å². The van der Waals surface area contributed by atoms with Gasteiger partial charge in [0.15, 0.2) is 0 Å². The monoisotopic (exact) mass is 458 g/mol. The second-order valence-electron chi connectivity index (χ2n) is 7.86. The van der Waals surface area contributed by atoms with Crippen LogP contribution < -0.4 is 10.6 Å². The number of benzene rings is 4. The van der Waals surface area contributed by atoms with Crippen molar-refractivity contribution in [2.24, 2.45) is 0 Å². The lowest BCUT2D eigenvalue weighted by molar-refractivity contribution is -0.116. The predicted octanol–water partition coefficient (Wildman–Crippen LogP) is 6.33. The first-order valence-corrected chi connectivity index (χ1v) is 10.9. The summed E-state index contributed by atoms with van der Waals surface area (Å²) in [6.07, 6.45) is 0.843. The van der Waals surface area contributed by atoms with Crippen molar-refractivity contribution in [1.29, 1.82) is 0 Å². The quantitative estimate of drug-likeness (QED) is 0.316. The lowest BCUT2D eigenvalue weighted by Gasteiger charge is -2.10. The summed E-state index contributed by atoms with van der Waals surface area (Å²) in [6.45, 7) is 1.85. The topological polar surface area (TPSA) is 78.4 Å². The summed E-state index contributed by atoms with van der Waals surface area (Å²) in [7, 11) is 0. The number of rotatable bonds is 6. The summed E-state index contributed by atoms with van der Waals surface area (Å²) in [5.74, 6) is -0.0968. The van der Waals surface area contributed by atoms with Crippen LogP contribution in [0.5, 0.6) is 5.75 Å². The van der Waals surface area contributed by atoms with Gasteiger partial charge in [-0.3, -0.25) is 9.59 Å². The van der Waals surface area contributed by atoms with E-state index in [0.717, 1.165) is 21.9 Å². The third kappa shape index (κ3) is 5.51. The van der Waals surface area contributed by atoms with Crippen molar-refractivity contribution in [3.8, 4) is 5.75 Å². The molecule has 3 N–H and O–H groups in total. The number of aryl methyl sites for hydroxylation is 2. The Bertz CT molecular complexity index is 1350. The molecule has 0 unspecified atom stereocenters. The molecule has 0 aliphatic carbocycles. The lowest BCUT2D eigenvalue weighted by Crippen LogP contribution is -2.13. The van der Waals surface area contributed by atoms with E-state index in [1.54, 1.807) is 48.5 Å². The normalized spacial score (nSPS) is 10.7. The molecule has 0 heterocycles. The molecule has 0 atom stereocenters. The van der Waals surface area contributed by atoms with E-state index in [-0.39, 0.29) is 17.6 Å². The molecular formula is C27H23ClN2O3. The van der Waals surface area contributed by atoms with Gasteiger partial charge in [0.2, 0.25) is 5.91 Å². The van der Waals surface area contributed by atoms with Crippen LogP contribution in [0.15, 0.2) is 78.9 Å². The van der Waals surface area contributed by atoms with Gasteiger partial charge in [-0.1, -0.05) is 41.9 Å². The summed E-state index contributed by atoms with van der Waals surface area (Å²) < 4.78 is 0. The Hall–Kier alpha value is -3.83. The molecular weight excluding hydrogens is 436 g/mol. The van der Waals surface area contributed by atoms with E-state index in [4.69, 9.17) is 11.6 Å². The van der Waals surface area contributed by atoms with Crippen molar-refractivity contribution in [3.05, 3.63) is 101 Å².